The van der Waals surface area contributed by atoms with Crippen molar-refractivity contribution in [3.63, 3.8) is 0 Å². The number of nitrogens with zero attached hydrogens (tertiary/aromatic N) is 1. The predicted octanol–water partition coefficient (Wildman–Crippen LogP) is 2.68. The number of hydrogen-bond acceptors (Lipinski definition) is 3. The Bertz CT molecular complexity index is 366. The van der Waals surface area contributed by atoms with Gasteiger partial charge in [0, 0.05) is 13.6 Å². The summed E-state index contributed by atoms with van der Waals surface area (Å²) in [4.78, 5) is 2.25. The fourth-order valence-electron chi connectivity index (χ4n) is 1.91. The van der Waals surface area contributed by atoms with Gasteiger partial charge in [-0.05, 0) is 43.0 Å². The Hall–Kier alpha value is -1.22. The van der Waals surface area contributed by atoms with Gasteiger partial charge in [-0.25, -0.2) is 0 Å². The van der Waals surface area contributed by atoms with E-state index in [0.717, 1.165) is 31.7 Å². The first-order chi connectivity index (χ1) is 8.62. The van der Waals surface area contributed by atoms with Crippen molar-refractivity contribution in [1.29, 1.82) is 0 Å². The molecule has 1 rings (SSSR count). The highest BCUT2D eigenvalue weighted by Gasteiger charge is 2.10. The Balaban J connectivity index is 2.78. The lowest BCUT2D eigenvalue weighted by atomic mass is 10.1. The molecule has 0 saturated heterocycles. The van der Waals surface area contributed by atoms with Gasteiger partial charge in [0.05, 0.1) is 12.8 Å². The molecule has 1 aromatic rings. The molecule has 102 valence electrons. The van der Waals surface area contributed by atoms with E-state index in [2.05, 4.69) is 44.0 Å². The van der Waals surface area contributed by atoms with E-state index in [0.29, 0.717) is 5.92 Å². The number of aryl methyl sites for hydroxylation is 1. The summed E-state index contributed by atoms with van der Waals surface area (Å²) in [5.41, 5.74) is 8.16. The zero-order valence-corrected chi connectivity index (χ0v) is 12.1. The van der Waals surface area contributed by atoms with E-state index in [4.69, 9.17) is 10.5 Å². The summed E-state index contributed by atoms with van der Waals surface area (Å²) in [6.07, 6.45) is 2.15. The largest absolute Gasteiger partial charge is 0.495 e. The maximum Gasteiger partial charge on any atom is 0.142 e. The van der Waals surface area contributed by atoms with Crippen LogP contribution in [0.4, 0.5) is 5.69 Å². The van der Waals surface area contributed by atoms with Crippen LogP contribution in [-0.4, -0.2) is 27.2 Å². The summed E-state index contributed by atoms with van der Waals surface area (Å²) < 4.78 is 5.43. The number of nitrogens with two attached hydrogens (primary N) is 1. The van der Waals surface area contributed by atoms with Crippen LogP contribution in [0.1, 0.15) is 25.8 Å². The molecule has 0 bridgehead atoms. The topological polar surface area (TPSA) is 38.5 Å². The number of hydrogen-bond donors (Lipinski definition) is 1. The molecule has 0 aromatic heterocycles. The van der Waals surface area contributed by atoms with Crippen molar-refractivity contribution in [2.75, 3.05) is 32.1 Å². The molecule has 3 nitrogen and oxygen atoms in total. The van der Waals surface area contributed by atoms with Crippen LogP contribution in [-0.2, 0) is 6.42 Å². The molecule has 0 spiro atoms. The number of ether oxygens (including phenoxy) is 1. The summed E-state index contributed by atoms with van der Waals surface area (Å²) in [5, 5.41) is 0. The van der Waals surface area contributed by atoms with Crippen molar-refractivity contribution >= 4 is 5.69 Å². The summed E-state index contributed by atoms with van der Waals surface area (Å²) in [7, 11) is 3.83. The van der Waals surface area contributed by atoms with Gasteiger partial charge in [-0.2, -0.15) is 0 Å². The summed E-state index contributed by atoms with van der Waals surface area (Å²) in [5.74, 6) is 1.50. The average Bonchev–Trinajstić information content (AvgIpc) is 2.43. The van der Waals surface area contributed by atoms with Crippen LogP contribution < -0.4 is 15.4 Å². The number of anilines is 1. The SMILES string of the molecule is CCc1ccc(OC)c(N(C)CCC(C)CN)c1. The van der Waals surface area contributed by atoms with E-state index >= 15 is 0 Å². The normalized spacial score (nSPS) is 12.3. The molecule has 0 aliphatic heterocycles. The molecular weight excluding hydrogens is 224 g/mol. The Morgan fingerprint density at radius 3 is 2.67 bits per heavy atom. The Morgan fingerprint density at radius 2 is 2.11 bits per heavy atom. The third-order valence-corrected chi connectivity index (χ3v) is 3.42. The van der Waals surface area contributed by atoms with E-state index in [9.17, 15) is 0 Å². The van der Waals surface area contributed by atoms with Gasteiger partial charge in [0.15, 0.2) is 0 Å². The second-order valence-corrected chi connectivity index (χ2v) is 4.91. The molecule has 0 heterocycles. The Morgan fingerprint density at radius 1 is 1.39 bits per heavy atom. The van der Waals surface area contributed by atoms with E-state index < -0.39 is 0 Å². The number of methoxy groups -OCH3 is 1. The van der Waals surface area contributed by atoms with Crippen molar-refractivity contribution < 1.29 is 4.74 Å². The fourth-order valence-corrected chi connectivity index (χ4v) is 1.91. The van der Waals surface area contributed by atoms with E-state index in [-0.39, 0.29) is 0 Å². The van der Waals surface area contributed by atoms with Gasteiger partial charge in [0.25, 0.3) is 0 Å². The number of rotatable bonds is 7. The van der Waals surface area contributed by atoms with Crippen LogP contribution in [0.3, 0.4) is 0 Å². The van der Waals surface area contributed by atoms with Gasteiger partial charge >= 0.3 is 0 Å². The first-order valence-electron chi connectivity index (χ1n) is 6.70. The minimum Gasteiger partial charge on any atom is -0.495 e. The molecule has 1 aromatic carbocycles. The predicted molar refractivity (Wildman–Crippen MR) is 78.5 cm³/mol. The molecule has 0 aliphatic rings. The maximum absolute atomic E-state index is 5.66. The van der Waals surface area contributed by atoms with Crippen LogP contribution in [0.2, 0.25) is 0 Å². The van der Waals surface area contributed by atoms with E-state index in [1.165, 1.54) is 11.3 Å². The molecule has 18 heavy (non-hydrogen) atoms. The minimum absolute atomic E-state index is 0.563. The zero-order valence-electron chi connectivity index (χ0n) is 12.1. The number of benzene rings is 1. The van der Waals surface area contributed by atoms with Crippen molar-refractivity contribution in [2.24, 2.45) is 11.7 Å². The minimum atomic E-state index is 0.563. The fraction of sp³-hybridized carbons (Fsp3) is 0.600. The molecule has 0 saturated carbocycles. The van der Waals surface area contributed by atoms with Crippen molar-refractivity contribution in [3.8, 4) is 5.75 Å². The average molecular weight is 250 g/mol. The molecular formula is C15H26N2O. The van der Waals surface area contributed by atoms with Gasteiger partial charge in [-0.1, -0.05) is 19.9 Å². The summed E-state index contributed by atoms with van der Waals surface area (Å²) >= 11 is 0. The first kappa shape index (κ1) is 14.8. The molecule has 0 amide bonds. The second kappa shape index (κ2) is 7.27. The molecule has 1 unspecified atom stereocenters. The van der Waals surface area contributed by atoms with Gasteiger partial charge in [-0.15, -0.1) is 0 Å². The highest BCUT2D eigenvalue weighted by atomic mass is 16.5. The first-order valence-corrected chi connectivity index (χ1v) is 6.70. The molecule has 0 aliphatic carbocycles. The lowest BCUT2D eigenvalue weighted by Crippen LogP contribution is -2.23. The molecule has 1 atom stereocenters. The monoisotopic (exact) mass is 250 g/mol. The Kier molecular flexibility index (Phi) is 5.99. The smallest absolute Gasteiger partial charge is 0.142 e. The zero-order chi connectivity index (χ0) is 13.5. The summed E-state index contributed by atoms with van der Waals surface area (Å²) in [6.45, 7) is 6.11. The third-order valence-electron chi connectivity index (χ3n) is 3.42. The molecule has 0 radical (unpaired) electrons. The third kappa shape index (κ3) is 3.91. The van der Waals surface area contributed by atoms with E-state index in [1.807, 2.05) is 0 Å². The Labute approximate surface area is 111 Å². The van der Waals surface area contributed by atoms with Crippen LogP contribution in [0.15, 0.2) is 18.2 Å². The molecule has 3 heteroatoms. The summed E-state index contributed by atoms with van der Waals surface area (Å²) in [6, 6.07) is 6.39. The van der Waals surface area contributed by atoms with Crippen LogP contribution in [0.25, 0.3) is 0 Å². The van der Waals surface area contributed by atoms with E-state index in [1.54, 1.807) is 7.11 Å². The highest BCUT2D eigenvalue weighted by molar-refractivity contribution is 5.59. The quantitative estimate of drug-likeness (QED) is 0.808. The highest BCUT2D eigenvalue weighted by Crippen LogP contribution is 2.29. The maximum atomic E-state index is 5.66. The molecule has 2 N–H and O–H groups in total. The van der Waals surface area contributed by atoms with Gasteiger partial charge in [0.1, 0.15) is 5.75 Å². The van der Waals surface area contributed by atoms with Crippen molar-refractivity contribution in [1.82, 2.24) is 0 Å². The molecule has 0 fully saturated rings. The lowest BCUT2D eigenvalue weighted by molar-refractivity contribution is 0.414. The standard InChI is InChI=1S/C15H26N2O/c1-5-13-6-7-15(18-4)14(10-13)17(3)9-8-12(2)11-16/h6-7,10,12H,5,8-9,11,16H2,1-4H3. The van der Waals surface area contributed by atoms with Crippen molar-refractivity contribution in [2.45, 2.75) is 26.7 Å². The van der Waals surface area contributed by atoms with Crippen LogP contribution in [0.5, 0.6) is 5.75 Å². The van der Waals surface area contributed by atoms with Gasteiger partial charge in [0.2, 0.25) is 0 Å². The van der Waals surface area contributed by atoms with Gasteiger partial charge in [-0.3, -0.25) is 0 Å². The lowest BCUT2D eigenvalue weighted by Gasteiger charge is -2.23. The second-order valence-electron chi connectivity index (χ2n) is 4.91. The van der Waals surface area contributed by atoms with Crippen LogP contribution >= 0.6 is 0 Å². The van der Waals surface area contributed by atoms with Crippen molar-refractivity contribution in [3.05, 3.63) is 23.8 Å². The van der Waals surface area contributed by atoms with Crippen LogP contribution in [0, 0.1) is 5.92 Å². The van der Waals surface area contributed by atoms with Gasteiger partial charge < -0.3 is 15.4 Å².